The van der Waals surface area contributed by atoms with Crippen molar-refractivity contribution in [3.05, 3.63) is 58.1 Å². The molecule has 3 heterocycles. The van der Waals surface area contributed by atoms with Crippen LogP contribution in [0.25, 0.3) is 22.2 Å². The van der Waals surface area contributed by atoms with E-state index in [1.165, 1.54) is 60.1 Å². The van der Waals surface area contributed by atoms with Gasteiger partial charge in [0, 0.05) is 39.6 Å². The average Bonchev–Trinajstić information content (AvgIpc) is 3.21. The van der Waals surface area contributed by atoms with Gasteiger partial charge in [-0.3, -0.25) is 0 Å². The molecule has 2 aliphatic rings. The molecule has 0 bridgehead atoms. The lowest BCUT2D eigenvalue weighted by atomic mass is 9.97. The zero-order valence-electron chi connectivity index (χ0n) is 15.5. The molecule has 1 N–H and O–H groups in total. The van der Waals surface area contributed by atoms with E-state index in [1.54, 1.807) is 0 Å². The minimum Gasteiger partial charge on any atom is -0.388 e. The van der Waals surface area contributed by atoms with Crippen LogP contribution in [0.15, 0.2) is 46.9 Å². The molecular weight excluding hydrogens is 400 g/mol. The molecule has 1 saturated heterocycles. The van der Waals surface area contributed by atoms with Gasteiger partial charge in [-0.05, 0) is 56.1 Å². The highest BCUT2D eigenvalue weighted by Crippen LogP contribution is 2.44. The Morgan fingerprint density at radius 3 is 2.70 bits per heavy atom. The number of likely N-dealkylation sites (tertiary alicyclic amines) is 1. The number of hydrogen-bond acceptors (Lipinski definition) is 2. The summed E-state index contributed by atoms with van der Waals surface area (Å²) in [4.78, 5) is 2.51. The van der Waals surface area contributed by atoms with Crippen LogP contribution >= 0.6 is 15.9 Å². The fourth-order valence-electron chi connectivity index (χ4n) is 4.84. The summed E-state index contributed by atoms with van der Waals surface area (Å²) >= 11 is 3.62. The van der Waals surface area contributed by atoms with Crippen LogP contribution < -0.4 is 0 Å². The van der Waals surface area contributed by atoms with E-state index in [1.807, 2.05) is 0 Å². The van der Waals surface area contributed by atoms with Crippen LogP contribution in [0.3, 0.4) is 0 Å². The third-order valence-electron chi connectivity index (χ3n) is 6.17. The molecule has 3 nitrogen and oxygen atoms in total. The first-order chi connectivity index (χ1) is 13.2. The first kappa shape index (κ1) is 17.5. The normalized spacial score (nSPS) is 17.9. The highest BCUT2D eigenvalue weighted by Gasteiger charge is 2.29. The fraction of sp³-hybridized carbons (Fsp3) is 0.391. The monoisotopic (exact) mass is 424 g/mol. The van der Waals surface area contributed by atoms with Crippen molar-refractivity contribution < 1.29 is 5.11 Å². The maximum absolute atomic E-state index is 11.3. The van der Waals surface area contributed by atoms with E-state index >= 15 is 0 Å². The topological polar surface area (TPSA) is 28.4 Å². The van der Waals surface area contributed by atoms with Gasteiger partial charge < -0.3 is 14.6 Å². The van der Waals surface area contributed by atoms with E-state index in [4.69, 9.17) is 0 Å². The first-order valence-electron chi connectivity index (χ1n) is 10.0. The van der Waals surface area contributed by atoms with Gasteiger partial charge in [-0.1, -0.05) is 46.6 Å². The number of piperidine rings is 1. The van der Waals surface area contributed by atoms with Crippen molar-refractivity contribution in [1.82, 2.24) is 9.47 Å². The first-order valence-corrected chi connectivity index (χ1v) is 10.8. The SMILES string of the molecule is OC(CCN1CCCCC1)c1c2n(c3ccc(Br)cc13)Cc1ccccc1-2. The maximum Gasteiger partial charge on any atom is 0.0829 e. The molecule has 0 amide bonds. The molecule has 2 aromatic carbocycles. The minimum atomic E-state index is -0.439. The van der Waals surface area contributed by atoms with Gasteiger partial charge in [0.1, 0.15) is 0 Å². The van der Waals surface area contributed by atoms with Crippen LogP contribution in [0.1, 0.15) is 42.9 Å². The summed E-state index contributed by atoms with van der Waals surface area (Å²) in [5.41, 5.74) is 6.16. The molecular formula is C23H25BrN2O. The molecule has 0 spiro atoms. The molecule has 4 heteroatoms. The second kappa shape index (κ2) is 7.08. The molecule has 2 aliphatic heterocycles. The number of aliphatic hydroxyl groups is 1. The van der Waals surface area contributed by atoms with Gasteiger partial charge in [-0.25, -0.2) is 0 Å². The molecule has 1 atom stereocenters. The number of hydrogen-bond donors (Lipinski definition) is 1. The molecule has 27 heavy (non-hydrogen) atoms. The average molecular weight is 425 g/mol. The van der Waals surface area contributed by atoms with Gasteiger partial charge in [-0.15, -0.1) is 0 Å². The second-order valence-corrected chi connectivity index (χ2v) is 8.79. The van der Waals surface area contributed by atoms with Crippen LogP contribution in [0.5, 0.6) is 0 Å². The quantitative estimate of drug-likeness (QED) is 0.478. The van der Waals surface area contributed by atoms with Crippen molar-refractivity contribution in [2.45, 2.75) is 38.3 Å². The van der Waals surface area contributed by atoms with Crippen molar-refractivity contribution in [1.29, 1.82) is 0 Å². The molecule has 0 aliphatic carbocycles. The van der Waals surface area contributed by atoms with E-state index < -0.39 is 6.10 Å². The predicted octanol–water partition coefficient (Wildman–Crippen LogP) is 5.34. The molecule has 140 valence electrons. The van der Waals surface area contributed by atoms with Gasteiger partial charge in [-0.2, -0.15) is 0 Å². The highest BCUT2D eigenvalue weighted by molar-refractivity contribution is 9.10. The maximum atomic E-state index is 11.3. The van der Waals surface area contributed by atoms with Crippen LogP contribution in [0.2, 0.25) is 0 Å². The van der Waals surface area contributed by atoms with Gasteiger partial charge in [0.15, 0.2) is 0 Å². The number of aromatic nitrogens is 1. The summed E-state index contributed by atoms with van der Waals surface area (Å²) < 4.78 is 3.45. The molecule has 1 unspecified atom stereocenters. The third kappa shape index (κ3) is 3.04. The molecule has 0 saturated carbocycles. The Hall–Kier alpha value is -1.62. The minimum absolute atomic E-state index is 0.439. The Morgan fingerprint density at radius 1 is 1.04 bits per heavy atom. The lowest BCUT2D eigenvalue weighted by Crippen LogP contribution is -2.31. The molecule has 3 aromatic rings. The van der Waals surface area contributed by atoms with Crippen LogP contribution in [0, 0.1) is 0 Å². The van der Waals surface area contributed by atoms with Crippen LogP contribution in [0.4, 0.5) is 0 Å². The van der Waals surface area contributed by atoms with E-state index in [0.29, 0.717) is 0 Å². The van der Waals surface area contributed by atoms with E-state index in [-0.39, 0.29) is 0 Å². The summed E-state index contributed by atoms with van der Waals surface area (Å²) in [6, 6.07) is 15.1. The zero-order valence-corrected chi connectivity index (χ0v) is 17.1. The Bertz CT molecular complexity index is 987. The lowest BCUT2D eigenvalue weighted by Gasteiger charge is -2.27. The zero-order chi connectivity index (χ0) is 18.4. The van der Waals surface area contributed by atoms with Crippen molar-refractivity contribution in [2.24, 2.45) is 0 Å². The van der Waals surface area contributed by atoms with Crippen molar-refractivity contribution >= 4 is 26.8 Å². The van der Waals surface area contributed by atoms with Gasteiger partial charge in [0.25, 0.3) is 0 Å². The standard InChI is InChI=1S/C23H25BrN2O/c24-17-8-9-20-19(14-17)22(21(27)10-13-25-11-4-1-5-12-25)23-18-7-3-2-6-16(18)15-26(20)23/h2-3,6-9,14,21,27H,1,4-5,10-13,15H2. The molecule has 5 rings (SSSR count). The number of rotatable bonds is 4. The molecule has 1 fully saturated rings. The van der Waals surface area contributed by atoms with Gasteiger partial charge in [0.05, 0.1) is 11.8 Å². The summed E-state index contributed by atoms with van der Waals surface area (Å²) in [5.74, 6) is 0. The van der Waals surface area contributed by atoms with E-state index in [2.05, 4.69) is 67.9 Å². The Morgan fingerprint density at radius 2 is 1.85 bits per heavy atom. The Kier molecular flexibility index (Phi) is 4.58. The van der Waals surface area contributed by atoms with Crippen molar-refractivity contribution in [3.8, 4) is 11.3 Å². The number of aliphatic hydroxyl groups excluding tert-OH is 1. The van der Waals surface area contributed by atoms with Gasteiger partial charge >= 0.3 is 0 Å². The second-order valence-electron chi connectivity index (χ2n) is 7.87. The van der Waals surface area contributed by atoms with Crippen molar-refractivity contribution in [3.63, 3.8) is 0 Å². The third-order valence-corrected chi connectivity index (χ3v) is 6.66. The summed E-state index contributed by atoms with van der Waals surface area (Å²) in [6.45, 7) is 4.22. The Labute approximate surface area is 168 Å². The van der Waals surface area contributed by atoms with Crippen molar-refractivity contribution in [2.75, 3.05) is 19.6 Å². The predicted molar refractivity (Wildman–Crippen MR) is 114 cm³/mol. The van der Waals surface area contributed by atoms with Gasteiger partial charge in [0.2, 0.25) is 0 Å². The summed E-state index contributed by atoms with van der Waals surface area (Å²) in [7, 11) is 0. The Balaban J connectivity index is 1.56. The largest absolute Gasteiger partial charge is 0.388 e. The number of fused-ring (bicyclic) bond motifs is 5. The molecule has 1 aromatic heterocycles. The number of nitrogens with zero attached hydrogens (tertiary/aromatic N) is 2. The molecule has 0 radical (unpaired) electrons. The smallest absolute Gasteiger partial charge is 0.0829 e. The van der Waals surface area contributed by atoms with E-state index in [9.17, 15) is 5.11 Å². The lowest BCUT2D eigenvalue weighted by molar-refractivity contribution is 0.135. The van der Waals surface area contributed by atoms with Crippen LogP contribution in [-0.2, 0) is 6.54 Å². The number of halogens is 1. The highest BCUT2D eigenvalue weighted by atomic mass is 79.9. The van der Waals surface area contributed by atoms with E-state index in [0.717, 1.165) is 29.5 Å². The fourth-order valence-corrected chi connectivity index (χ4v) is 5.20. The summed E-state index contributed by atoms with van der Waals surface area (Å²) in [6.07, 6.45) is 4.29. The van der Waals surface area contributed by atoms with Crippen LogP contribution in [-0.4, -0.2) is 34.2 Å². The summed E-state index contributed by atoms with van der Waals surface area (Å²) in [5, 5.41) is 12.4. The number of benzene rings is 2.